The smallest absolute Gasteiger partial charge is 0.230 e. The van der Waals surface area contributed by atoms with Crippen molar-refractivity contribution in [3.05, 3.63) is 54.6 Å². The van der Waals surface area contributed by atoms with Gasteiger partial charge in [-0.3, -0.25) is 4.79 Å². The molecule has 8 nitrogen and oxygen atoms in total. The summed E-state index contributed by atoms with van der Waals surface area (Å²) in [6, 6.07) is 17.0. The molecule has 0 radical (unpaired) electrons. The molecule has 9 heteroatoms. The van der Waals surface area contributed by atoms with E-state index in [0.29, 0.717) is 24.1 Å². The van der Waals surface area contributed by atoms with E-state index in [9.17, 15) is 4.79 Å². The van der Waals surface area contributed by atoms with Gasteiger partial charge in [-0.1, -0.05) is 42.1 Å². The molecule has 138 valence electrons. The van der Waals surface area contributed by atoms with Gasteiger partial charge in [0.25, 0.3) is 0 Å². The number of nitrogens with one attached hydrogen (secondary N) is 1. The van der Waals surface area contributed by atoms with Gasteiger partial charge in [0.1, 0.15) is 12.7 Å². The average Bonchev–Trinajstić information content (AvgIpc) is 3.20. The third kappa shape index (κ3) is 4.20. The maximum Gasteiger partial charge on any atom is 0.230 e. The number of rotatable bonds is 6. The molecule has 27 heavy (non-hydrogen) atoms. The Morgan fingerprint density at radius 2 is 1.93 bits per heavy atom. The predicted molar refractivity (Wildman–Crippen MR) is 99.2 cm³/mol. The third-order valence-corrected chi connectivity index (χ3v) is 4.79. The summed E-state index contributed by atoms with van der Waals surface area (Å²) in [6.45, 7) is 0.772. The Labute approximate surface area is 159 Å². The Morgan fingerprint density at radius 1 is 1.15 bits per heavy atom. The van der Waals surface area contributed by atoms with Crippen LogP contribution in [0.1, 0.15) is 0 Å². The number of benzene rings is 2. The zero-order chi connectivity index (χ0) is 18.5. The summed E-state index contributed by atoms with van der Waals surface area (Å²) in [7, 11) is 0. The molecule has 0 bridgehead atoms. The summed E-state index contributed by atoms with van der Waals surface area (Å²) in [6.07, 6.45) is -0.219. The number of thioether (sulfide) groups is 1. The number of carbonyl (C=O) groups excluding carboxylic acids is 1. The highest BCUT2D eigenvalue weighted by Gasteiger charge is 2.21. The van der Waals surface area contributed by atoms with Crippen molar-refractivity contribution in [2.24, 2.45) is 0 Å². The zero-order valence-corrected chi connectivity index (χ0v) is 15.1. The number of tetrazole rings is 1. The Bertz CT molecular complexity index is 918. The molecule has 1 amide bonds. The molecular formula is C18H17N5O3S. The number of para-hydroxylation sites is 3. The van der Waals surface area contributed by atoms with Crippen molar-refractivity contribution in [2.45, 2.75) is 11.3 Å². The molecule has 0 aliphatic carbocycles. The Kier molecular flexibility index (Phi) is 5.20. The quantitative estimate of drug-likeness (QED) is 0.648. The van der Waals surface area contributed by atoms with Crippen molar-refractivity contribution >= 4 is 17.7 Å². The molecule has 1 unspecified atom stereocenters. The molecule has 1 aromatic heterocycles. The molecule has 1 N–H and O–H groups in total. The topological polar surface area (TPSA) is 91.2 Å². The van der Waals surface area contributed by atoms with Crippen LogP contribution in [0.5, 0.6) is 11.5 Å². The van der Waals surface area contributed by atoms with Gasteiger partial charge in [-0.2, -0.15) is 4.68 Å². The first kappa shape index (κ1) is 17.3. The van der Waals surface area contributed by atoms with E-state index in [1.807, 2.05) is 54.6 Å². The molecule has 0 fully saturated rings. The maximum atomic E-state index is 12.2. The van der Waals surface area contributed by atoms with Crippen LogP contribution in [0.3, 0.4) is 0 Å². The van der Waals surface area contributed by atoms with Crippen molar-refractivity contribution in [1.82, 2.24) is 25.5 Å². The van der Waals surface area contributed by atoms with Crippen LogP contribution in [0.2, 0.25) is 0 Å². The predicted octanol–water partition coefficient (Wildman–Crippen LogP) is 1.71. The fraction of sp³-hybridized carbons (Fsp3) is 0.222. The monoisotopic (exact) mass is 383 g/mol. The molecule has 1 aliphatic heterocycles. The number of amides is 1. The van der Waals surface area contributed by atoms with E-state index in [1.165, 1.54) is 11.8 Å². The molecule has 2 heterocycles. The van der Waals surface area contributed by atoms with E-state index in [0.717, 1.165) is 11.4 Å². The van der Waals surface area contributed by atoms with Crippen molar-refractivity contribution in [2.75, 3.05) is 18.9 Å². The van der Waals surface area contributed by atoms with Gasteiger partial charge < -0.3 is 14.8 Å². The number of ether oxygens (including phenoxy) is 2. The van der Waals surface area contributed by atoms with E-state index in [1.54, 1.807) is 4.68 Å². The minimum absolute atomic E-state index is 0.120. The standard InChI is InChI=1S/C18H17N5O3S/c24-17(19-10-14-11-25-15-8-4-5-9-16(15)26-14)12-27-18-20-21-22-23(18)13-6-2-1-3-7-13/h1-9,14H,10-12H2,(H,19,24). The number of hydrogen-bond acceptors (Lipinski definition) is 7. The summed E-state index contributed by atoms with van der Waals surface area (Å²) in [4.78, 5) is 12.2. The number of hydrogen-bond donors (Lipinski definition) is 1. The minimum Gasteiger partial charge on any atom is -0.486 e. The van der Waals surface area contributed by atoms with Gasteiger partial charge in [0.05, 0.1) is 18.0 Å². The first-order valence-electron chi connectivity index (χ1n) is 8.41. The fourth-order valence-electron chi connectivity index (χ4n) is 2.57. The Morgan fingerprint density at radius 3 is 2.78 bits per heavy atom. The first-order chi connectivity index (χ1) is 13.3. The van der Waals surface area contributed by atoms with Crippen LogP contribution in [-0.2, 0) is 4.79 Å². The van der Waals surface area contributed by atoms with Crippen molar-refractivity contribution < 1.29 is 14.3 Å². The van der Waals surface area contributed by atoms with E-state index < -0.39 is 0 Å². The number of carbonyl (C=O) groups is 1. The lowest BCUT2D eigenvalue weighted by atomic mass is 10.2. The van der Waals surface area contributed by atoms with Gasteiger partial charge >= 0.3 is 0 Å². The molecule has 0 spiro atoms. The normalized spacial score (nSPS) is 15.3. The molecule has 3 aromatic rings. The molecule has 1 aliphatic rings. The van der Waals surface area contributed by atoms with E-state index >= 15 is 0 Å². The van der Waals surface area contributed by atoms with E-state index in [4.69, 9.17) is 9.47 Å². The molecule has 0 saturated carbocycles. The fourth-order valence-corrected chi connectivity index (χ4v) is 3.29. The van der Waals surface area contributed by atoms with Gasteiger partial charge in [-0.15, -0.1) is 5.10 Å². The Hall–Kier alpha value is -3.07. The molecule has 2 aromatic carbocycles. The first-order valence-corrected chi connectivity index (χ1v) is 9.40. The highest BCUT2D eigenvalue weighted by molar-refractivity contribution is 7.99. The summed E-state index contributed by atoms with van der Waals surface area (Å²) >= 11 is 1.27. The van der Waals surface area contributed by atoms with Gasteiger partial charge in [-0.25, -0.2) is 0 Å². The van der Waals surface area contributed by atoms with Crippen LogP contribution in [0.25, 0.3) is 5.69 Å². The molecule has 1 atom stereocenters. The Balaban J connectivity index is 1.27. The average molecular weight is 383 g/mol. The summed E-state index contributed by atoms with van der Waals surface area (Å²) in [5, 5.41) is 15.1. The number of nitrogens with zero attached hydrogens (tertiary/aromatic N) is 4. The summed E-state index contributed by atoms with van der Waals surface area (Å²) < 4.78 is 13.1. The second-order valence-electron chi connectivity index (χ2n) is 5.80. The van der Waals surface area contributed by atoms with Crippen LogP contribution in [0.4, 0.5) is 0 Å². The number of fused-ring (bicyclic) bond motifs is 1. The summed E-state index contributed by atoms with van der Waals surface area (Å²) in [5.74, 6) is 1.50. The largest absolute Gasteiger partial charge is 0.486 e. The van der Waals surface area contributed by atoms with Crippen LogP contribution >= 0.6 is 11.8 Å². The van der Waals surface area contributed by atoms with Crippen molar-refractivity contribution in [1.29, 1.82) is 0 Å². The van der Waals surface area contributed by atoms with Crippen molar-refractivity contribution in [3.8, 4) is 17.2 Å². The van der Waals surface area contributed by atoms with Gasteiger partial charge in [0.15, 0.2) is 11.5 Å². The van der Waals surface area contributed by atoms with Gasteiger partial charge in [-0.05, 0) is 34.7 Å². The van der Waals surface area contributed by atoms with Crippen LogP contribution in [0.15, 0.2) is 59.8 Å². The van der Waals surface area contributed by atoms with Crippen molar-refractivity contribution in [3.63, 3.8) is 0 Å². The lowest BCUT2D eigenvalue weighted by Crippen LogP contribution is -2.41. The summed E-state index contributed by atoms with van der Waals surface area (Å²) in [5.41, 5.74) is 0.844. The van der Waals surface area contributed by atoms with Crippen LogP contribution in [0, 0.1) is 0 Å². The maximum absolute atomic E-state index is 12.2. The highest BCUT2D eigenvalue weighted by atomic mass is 32.2. The van der Waals surface area contributed by atoms with E-state index in [2.05, 4.69) is 20.8 Å². The second kappa shape index (κ2) is 8.09. The lowest BCUT2D eigenvalue weighted by Gasteiger charge is -2.26. The second-order valence-corrected chi connectivity index (χ2v) is 6.74. The molecular weight excluding hydrogens is 366 g/mol. The zero-order valence-electron chi connectivity index (χ0n) is 14.3. The highest BCUT2D eigenvalue weighted by Crippen LogP contribution is 2.30. The van der Waals surface area contributed by atoms with Crippen LogP contribution < -0.4 is 14.8 Å². The third-order valence-electron chi connectivity index (χ3n) is 3.87. The van der Waals surface area contributed by atoms with E-state index in [-0.39, 0.29) is 17.8 Å². The van der Waals surface area contributed by atoms with Gasteiger partial charge in [0.2, 0.25) is 11.1 Å². The molecule has 4 rings (SSSR count). The van der Waals surface area contributed by atoms with Crippen LogP contribution in [-0.4, -0.2) is 51.1 Å². The van der Waals surface area contributed by atoms with Gasteiger partial charge in [0, 0.05) is 0 Å². The molecule has 0 saturated heterocycles. The SMILES string of the molecule is O=C(CSc1nnnn1-c1ccccc1)NCC1COc2ccccc2O1. The number of aromatic nitrogens is 4. The lowest BCUT2D eigenvalue weighted by molar-refractivity contribution is -0.119. The minimum atomic E-state index is -0.219.